The molecule has 0 unspecified atom stereocenters. The summed E-state index contributed by atoms with van der Waals surface area (Å²) in [5.74, 6) is 0.616. The lowest BCUT2D eigenvalue weighted by molar-refractivity contribution is 0.875. The predicted molar refractivity (Wildman–Crippen MR) is 45.2 cm³/mol. The quantitative estimate of drug-likeness (QED) is 0.483. The molecule has 0 atom stereocenters. The minimum Gasteiger partial charge on any atom is -0.297 e. The third-order valence-corrected chi connectivity index (χ3v) is 1.19. The van der Waals surface area contributed by atoms with Gasteiger partial charge in [0, 0.05) is 12.8 Å². The molecule has 0 aromatic rings. The first-order valence-corrected chi connectivity index (χ1v) is 3.61. The van der Waals surface area contributed by atoms with E-state index in [2.05, 4.69) is 18.8 Å². The van der Waals surface area contributed by atoms with Crippen molar-refractivity contribution < 1.29 is 0 Å². The van der Waals surface area contributed by atoms with E-state index in [0.717, 1.165) is 0 Å². The molecule has 1 nitrogen and oxygen atoms in total. The fourth-order valence-electron chi connectivity index (χ4n) is 0.258. The van der Waals surface area contributed by atoms with Crippen LogP contribution in [0.15, 0.2) is 4.99 Å². The molecule has 0 amide bonds. The molecule has 0 heterocycles. The zero-order valence-corrected chi connectivity index (χ0v) is 7.52. The number of hydrogen-bond acceptors (Lipinski definition) is 1. The van der Waals surface area contributed by atoms with Crippen LogP contribution in [0.5, 0.6) is 0 Å². The third-order valence-electron chi connectivity index (χ3n) is 1.19. The molecule has 9 heavy (non-hydrogen) atoms. The van der Waals surface area contributed by atoms with E-state index in [1.807, 2.05) is 27.8 Å². The van der Waals surface area contributed by atoms with Crippen LogP contribution >= 0.6 is 0 Å². The van der Waals surface area contributed by atoms with Crippen molar-refractivity contribution in [2.75, 3.05) is 7.05 Å². The smallest absolute Gasteiger partial charge is 0.0276 e. The molecule has 56 valence electrons. The van der Waals surface area contributed by atoms with E-state index in [1.165, 1.54) is 5.71 Å². The van der Waals surface area contributed by atoms with E-state index >= 15 is 0 Å². The Labute approximate surface area is 59.2 Å². The van der Waals surface area contributed by atoms with Crippen molar-refractivity contribution >= 4 is 5.71 Å². The van der Waals surface area contributed by atoms with Crippen LogP contribution < -0.4 is 0 Å². The van der Waals surface area contributed by atoms with Gasteiger partial charge >= 0.3 is 0 Å². The van der Waals surface area contributed by atoms with Gasteiger partial charge in [-0.05, 0) is 12.8 Å². The Morgan fingerprint density at radius 2 is 1.56 bits per heavy atom. The number of aliphatic imine (C=N–C) groups is 1. The van der Waals surface area contributed by atoms with Gasteiger partial charge in [-0.15, -0.1) is 0 Å². The van der Waals surface area contributed by atoms with Crippen molar-refractivity contribution in [1.29, 1.82) is 0 Å². The molecule has 0 spiro atoms. The maximum absolute atomic E-state index is 4.00. The van der Waals surface area contributed by atoms with Gasteiger partial charge in [-0.3, -0.25) is 4.99 Å². The van der Waals surface area contributed by atoms with Crippen LogP contribution in [-0.4, -0.2) is 12.8 Å². The molecule has 1 heteroatoms. The van der Waals surface area contributed by atoms with Crippen molar-refractivity contribution in [3.8, 4) is 0 Å². The van der Waals surface area contributed by atoms with Crippen LogP contribution in [0, 0.1) is 5.92 Å². The molecule has 0 bridgehead atoms. The molecular weight excluding hydrogens is 110 g/mol. The Morgan fingerprint density at radius 3 is 1.56 bits per heavy atom. The van der Waals surface area contributed by atoms with Gasteiger partial charge in [-0.2, -0.15) is 0 Å². The highest BCUT2D eigenvalue weighted by Crippen LogP contribution is 1.93. The lowest BCUT2D eigenvalue weighted by Crippen LogP contribution is -1.99. The molecule has 0 N–H and O–H groups in total. The Bertz CT molecular complexity index is 72.6. The highest BCUT2D eigenvalue weighted by atomic mass is 14.7. The molecule has 0 aliphatic heterocycles. The Hall–Kier alpha value is -0.330. The topological polar surface area (TPSA) is 12.4 Å². The monoisotopic (exact) mass is 129 g/mol. The van der Waals surface area contributed by atoms with E-state index in [4.69, 9.17) is 0 Å². The Morgan fingerprint density at radius 1 is 1.22 bits per heavy atom. The van der Waals surface area contributed by atoms with Crippen molar-refractivity contribution in [1.82, 2.24) is 0 Å². The lowest BCUT2D eigenvalue weighted by atomic mass is 10.1. The SMILES string of the molecule is CC.CN=C(C)C(C)C. The second-order valence-electron chi connectivity index (χ2n) is 2.02. The zero-order valence-electron chi connectivity index (χ0n) is 7.52. The van der Waals surface area contributed by atoms with Gasteiger partial charge in [0.2, 0.25) is 0 Å². The van der Waals surface area contributed by atoms with Gasteiger partial charge in [-0.1, -0.05) is 27.7 Å². The van der Waals surface area contributed by atoms with Crippen molar-refractivity contribution in [2.24, 2.45) is 10.9 Å². The maximum atomic E-state index is 4.00. The molecule has 0 aromatic carbocycles. The molecular formula is C8H19N. The van der Waals surface area contributed by atoms with E-state index in [9.17, 15) is 0 Å². The third kappa shape index (κ3) is 7.67. The lowest BCUT2D eigenvalue weighted by Gasteiger charge is -1.98. The summed E-state index contributed by atoms with van der Waals surface area (Å²) in [4.78, 5) is 4.00. The molecule has 0 saturated heterocycles. The van der Waals surface area contributed by atoms with Gasteiger partial charge < -0.3 is 0 Å². The van der Waals surface area contributed by atoms with Crippen LogP contribution in [0.1, 0.15) is 34.6 Å². The number of hydrogen-bond donors (Lipinski definition) is 0. The largest absolute Gasteiger partial charge is 0.297 e. The molecule has 0 aromatic heterocycles. The average molecular weight is 129 g/mol. The van der Waals surface area contributed by atoms with Crippen LogP contribution in [0.3, 0.4) is 0 Å². The second-order valence-corrected chi connectivity index (χ2v) is 2.02. The fourth-order valence-corrected chi connectivity index (χ4v) is 0.258. The van der Waals surface area contributed by atoms with Crippen LogP contribution in [-0.2, 0) is 0 Å². The van der Waals surface area contributed by atoms with Gasteiger partial charge in [0.05, 0.1) is 0 Å². The van der Waals surface area contributed by atoms with Crippen molar-refractivity contribution in [3.63, 3.8) is 0 Å². The summed E-state index contributed by atoms with van der Waals surface area (Å²) >= 11 is 0. The van der Waals surface area contributed by atoms with Gasteiger partial charge in [0.1, 0.15) is 0 Å². The average Bonchev–Trinajstić information content (AvgIpc) is 1.91. The van der Waals surface area contributed by atoms with Gasteiger partial charge in [-0.25, -0.2) is 0 Å². The van der Waals surface area contributed by atoms with Crippen LogP contribution in [0.25, 0.3) is 0 Å². The molecule has 0 rings (SSSR count). The highest BCUT2D eigenvalue weighted by Gasteiger charge is 1.92. The van der Waals surface area contributed by atoms with Crippen LogP contribution in [0.4, 0.5) is 0 Å². The summed E-state index contributed by atoms with van der Waals surface area (Å²) in [6, 6.07) is 0. The van der Waals surface area contributed by atoms with E-state index in [1.54, 1.807) is 0 Å². The first-order valence-electron chi connectivity index (χ1n) is 3.61. The zero-order chi connectivity index (χ0) is 7.86. The maximum Gasteiger partial charge on any atom is 0.0276 e. The van der Waals surface area contributed by atoms with E-state index in [-0.39, 0.29) is 0 Å². The van der Waals surface area contributed by atoms with Crippen molar-refractivity contribution in [3.05, 3.63) is 0 Å². The van der Waals surface area contributed by atoms with Gasteiger partial charge in [0.25, 0.3) is 0 Å². The first-order chi connectivity index (χ1) is 4.18. The second kappa shape index (κ2) is 7.67. The molecule has 0 aliphatic rings. The Kier molecular flexibility index (Phi) is 9.77. The summed E-state index contributed by atoms with van der Waals surface area (Å²) in [5.41, 5.74) is 1.22. The van der Waals surface area contributed by atoms with Gasteiger partial charge in [0.15, 0.2) is 0 Å². The molecule has 0 fully saturated rings. The summed E-state index contributed by atoms with van der Waals surface area (Å²) in [5, 5.41) is 0. The molecule has 0 radical (unpaired) electrons. The summed E-state index contributed by atoms with van der Waals surface area (Å²) < 4.78 is 0. The van der Waals surface area contributed by atoms with E-state index < -0.39 is 0 Å². The minimum atomic E-state index is 0.616. The summed E-state index contributed by atoms with van der Waals surface area (Å²) in [6.07, 6.45) is 0. The van der Waals surface area contributed by atoms with Crippen LogP contribution in [0.2, 0.25) is 0 Å². The van der Waals surface area contributed by atoms with E-state index in [0.29, 0.717) is 5.92 Å². The highest BCUT2D eigenvalue weighted by molar-refractivity contribution is 5.83. The summed E-state index contributed by atoms with van der Waals surface area (Å²) in [6.45, 7) is 10.3. The fraction of sp³-hybridized carbons (Fsp3) is 0.875. The minimum absolute atomic E-state index is 0.616. The summed E-state index contributed by atoms with van der Waals surface area (Å²) in [7, 11) is 1.83. The standard InChI is InChI=1S/C6H13N.C2H6/c1-5(2)6(3)7-4;1-2/h5H,1-4H3;1-2H3. The molecule has 0 aliphatic carbocycles. The number of nitrogens with zero attached hydrogens (tertiary/aromatic N) is 1. The predicted octanol–water partition coefficient (Wildman–Crippen LogP) is 2.76. The number of rotatable bonds is 1. The first kappa shape index (κ1) is 11.5. The van der Waals surface area contributed by atoms with Crippen molar-refractivity contribution in [2.45, 2.75) is 34.6 Å². The Balaban J connectivity index is 0. The normalized spacial score (nSPS) is 10.8. The molecule has 0 saturated carbocycles.